The summed E-state index contributed by atoms with van der Waals surface area (Å²) in [6.07, 6.45) is 0.358. The standard InChI is InChI=1S/C30H37N3O5S/c1-6-28(30(35)31-7-2)32(20-24-9-8-10-26(19-24)38-5)29(34)21-33(25-15-11-22(3)12-16-25)39(36,37)27-17-13-23(4)14-18-27/h8-19,28H,6-7,20-21H2,1-5H3,(H,31,35)/t28-/m1/s1. The molecule has 208 valence electrons. The second kappa shape index (κ2) is 13.3. The van der Waals surface area contributed by atoms with E-state index in [-0.39, 0.29) is 17.3 Å². The maximum atomic E-state index is 14.0. The quantitative estimate of drug-likeness (QED) is 0.359. The van der Waals surface area contributed by atoms with Gasteiger partial charge in [0.1, 0.15) is 18.3 Å². The number of carbonyl (C=O) groups excluding carboxylic acids is 2. The Morgan fingerprint density at radius 2 is 1.54 bits per heavy atom. The highest BCUT2D eigenvalue weighted by Gasteiger charge is 2.33. The van der Waals surface area contributed by atoms with E-state index in [1.165, 1.54) is 17.0 Å². The number of sulfonamides is 1. The molecule has 0 unspecified atom stereocenters. The van der Waals surface area contributed by atoms with E-state index in [1.807, 2.05) is 39.8 Å². The average Bonchev–Trinajstić information content (AvgIpc) is 2.92. The Kier molecular flexibility index (Phi) is 10.1. The summed E-state index contributed by atoms with van der Waals surface area (Å²) < 4.78 is 34.2. The van der Waals surface area contributed by atoms with Crippen molar-refractivity contribution in [2.75, 3.05) is 24.5 Å². The van der Waals surface area contributed by atoms with Crippen molar-refractivity contribution in [1.82, 2.24) is 10.2 Å². The first-order chi connectivity index (χ1) is 18.6. The average molecular weight is 552 g/mol. The number of amides is 2. The summed E-state index contributed by atoms with van der Waals surface area (Å²) >= 11 is 0. The second-order valence-corrected chi connectivity index (χ2v) is 11.2. The van der Waals surface area contributed by atoms with Crippen LogP contribution in [0.15, 0.2) is 77.7 Å². The van der Waals surface area contributed by atoms with Crippen LogP contribution in [0.25, 0.3) is 0 Å². The lowest BCUT2D eigenvalue weighted by Crippen LogP contribution is -2.52. The Balaban J connectivity index is 2.06. The minimum absolute atomic E-state index is 0.0802. The zero-order chi connectivity index (χ0) is 28.6. The molecule has 0 saturated heterocycles. The Morgan fingerprint density at radius 1 is 0.923 bits per heavy atom. The largest absolute Gasteiger partial charge is 0.497 e. The van der Waals surface area contributed by atoms with Crippen LogP contribution in [-0.4, -0.2) is 51.4 Å². The number of aryl methyl sites for hydroxylation is 2. The minimum atomic E-state index is -4.09. The number of anilines is 1. The van der Waals surface area contributed by atoms with Crippen LogP contribution >= 0.6 is 0 Å². The molecule has 0 fully saturated rings. The van der Waals surface area contributed by atoms with E-state index in [0.717, 1.165) is 21.0 Å². The van der Waals surface area contributed by atoms with Crippen molar-refractivity contribution in [3.8, 4) is 5.75 Å². The molecule has 1 atom stereocenters. The summed E-state index contributed by atoms with van der Waals surface area (Å²) in [5, 5.41) is 2.80. The first-order valence-corrected chi connectivity index (χ1v) is 14.4. The Morgan fingerprint density at radius 3 is 2.10 bits per heavy atom. The van der Waals surface area contributed by atoms with Crippen molar-refractivity contribution in [3.05, 3.63) is 89.5 Å². The zero-order valence-corrected chi connectivity index (χ0v) is 24.0. The van der Waals surface area contributed by atoms with Gasteiger partial charge in [-0.25, -0.2) is 8.42 Å². The predicted octanol–water partition coefficient (Wildman–Crippen LogP) is 4.45. The molecular weight excluding hydrogens is 514 g/mol. The van der Waals surface area contributed by atoms with Gasteiger partial charge in [0.25, 0.3) is 10.0 Å². The van der Waals surface area contributed by atoms with Gasteiger partial charge in [-0.3, -0.25) is 13.9 Å². The third kappa shape index (κ3) is 7.38. The van der Waals surface area contributed by atoms with Gasteiger partial charge in [-0.15, -0.1) is 0 Å². The van der Waals surface area contributed by atoms with E-state index < -0.39 is 28.5 Å². The van der Waals surface area contributed by atoms with Gasteiger partial charge in [0, 0.05) is 13.1 Å². The Labute approximate surface area is 231 Å². The lowest BCUT2D eigenvalue weighted by atomic mass is 10.1. The van der Waals surface area contributed by atoms with Crippen molar-refractivity contribution >= 4 is 27.5 Å². The molecule has 0 radical (unpaired) electrons. The third-order valence-corrected chi connectivity index (χ3v) is 8.22. The van der Waals surface area contributed by atoms with Crippen LogP contribution in [-0.2, 0) is 26.2 Å². The highest BCUT2D eigenvalue weighted by Crippen LogP contribution is 2.26. The van der Waals surface area contributed by atoms with Crippen LogP contribution in [0.5, 0.6) is 5.75 Å². The molecule has 8 nitrogen and oxygen atoms in total. The van der Waals surface area contributed by atoms with Crippen LogP contribution in [0.1, 0.15) is 37.0 Å². The second-order valence-electron chi connectivity index (χ2n) is 9.35. The monoisotopic (exact) mass is 551 g/mol. The molecule has 39 heavy (non-hydrogen) atoms. The molecule has 0 bridgehead atoms. The summed E-state index contributed by atoms with van der Waals surface area (Å²) in [5.74, 6) is -0.166. The third-order valence-electron chi connectivity index (χ3n) is 6.43. The van der Waals surface area contributed by atoms with E-state index in [2.05, 4.69) is 5.32 Å². The van der Waals surface area contributed by atoms with Gasteiger partial charge < -0.3 is 15.0 Å². The van der Waals surface area contributed by atoms with Crippen molar-refractivity contribution in [1.29, 1.82) is 0 Å². The van der Waals surface area contributed by atoms with Gasteiger partial charge in [-0.1, -0.05) is 54.4 Å². The lowest BCUT2D eigenvalue weighted by Gasteiger charge is -2.33. The number of rotatable bonds is 12. The highest BCUT2D eigenvalue weighted by molar-refractivity contribution is 7.92. The molecule has 3 aromatic carbocycles. The molecule has 0 spiro atoms. The van der Waals surface area contributed by atoms with Crippen LogP contribution in [0.2, 0.25) is 0 Å². The number of hydrogen-bond donors (Lipinski definition) is 1. The lowest BCUT2D eigenvalue weighted by molar-refractivity contribution is -0.140. The molecule has 0 aliphatic heterocycles. The highest BCUT2D eigenvalue weighted by atomic mass is 32.2. The molecule has 0 aliphatic rings. The van der Waals surface area contributed by atoms with Crippen LogP contribution in [0.4, 0.5) is 5.69 Å². The number of nitrogens with one attached hydrogen (secondary N) is 1. The maximum Gasteiger partial charge on any atom is 0.264 e. The fraction of sp³-hybridized carbons (Fsp3) is 0.333. The van der Waals surface area contributed by atoms with E-state index >= 15 is 0 Å². The molecule has 0 saturated carbocycles. The van der Waals surface area contributed by atoms with E-state index in [4.69, 9.17) is 4.74 Å². The predicted molar refractivity (Wildman–Crippen MR) is 153 cm³/mol. The fourth-order valence-corrected chi connectivity index (χ4v) is 5.67. The van der Waals surface area contributed by atoms with Gasteiger partial charge in [-0.05, 0) is 69.2 Å². The van der Waals surface area contributed by atoms with Gasteiger partial charge in [0.15, 0.2) is 0 Å². The minimum Gasteiger partial charge on any atom is -0.497 e. The van der Waals surface area contributed by atoms with Gasteiger partial charge in [0.05, 0.1) is 17.7 Å². The van der Waals surface area contributed by atoms with E-state index in [9.17, 15) is 18.0 Å². The van der Waals surface area contributed by atoms with Crippen LogP contribution in [0, 0.1) is 13.8 Å². The van der Waals surface area contributed by atoms with Gasteiger partial charge in [0.2, 0.25) is 11.8 Å². The SMILES string of the molecule is CCNC(=O)[C@@H](CC)N(Cc1cccc(OC)c1)C(=O)CN(c1ccc(C)cc1)S(=O)(=O)c1ccc(C)cc1. The van der Waals surface area contributed by atoms with Crippen molar-refractivity contribution in [2.24, 2.45) is 0 Å². The Bertz CT molecular complexity index is 1370. The van der Waals surface area contributed by atoms with Crippen LogP contribution < -0.4 is 14.4 Å². The number of ether oxygens (including phenoxy) is 1. The van der Waals surface area contributed by atoms with E-state index in [0.29, 0.717) is 24.4 Å². The molecule has 3 rings (SSSR count). The summed E-state index contributed by atoms with van der Waals surface area (Å²) in [7, 11) is -2.54. The summed E-state index contributed by atoms with van der Waals surface area (Å²) in [6.45, 7) is 7.46. The molecule has 2 amide bonds. The first kappa shape index (κ1) is 29.7. The van der Waals surface area contributed by atoms with Crippen LogP contribution in [0.3, 0.4) is 0 Å². The molecular formula is C30H37N3O5S. The topological polar surface area (TPSA) is 96.0 Å². The number of hydrogen-bond acceptors (Lipinski definition) is 5. The molecule has 0 heterocycles. The number of nitrogens with zero attached hydrogens (tertiary/aromatic N) is 2. The smallest absolute Gasteiger partial charge is 0.264 e. The molecule has 1 N–H and O–H groups in total. The Hall–Kier alpha value is -3.85. The normalized spacial score (nSPS) is 11.9. The molecule has 9 heteroatoms. The summed E-state index contributed by atoms with van der Waals surface area (Å²) in [5.41, 5.74) is 3.00. The molecule has 0 aromatic heterocycles. The van der Waals surface area contributed by atoms with Crippen molar-refractivity contribution < 1.29 is 22.7 Å². The maximum absolute atomic E-state index is 14.0. The zero-order valence-electron chi connectivity index (χ0n) is 23.2. The summed E-state index contributed by atoms with van der Waals surface area (Å²) in [6, 6.07) is 19.9. The van der Waals surface area contributed by atoms with E-state index in [1.54, 1.807) is 55.6 Å². The summed E-state index contributed by atoms with van der Waals surface area (Å²) in [4.78, 5) is 28.5. The number of methoxy groups -OCH3 is 1. The molecule has 3 aromatic rings. The number of carbonyl (C=O) groups is 2. The van der Waals surface area contributed by atoms with Crippen molar-refractivity contribution in [3.63, 3.8) is 0 Å². The number of likely N-dealkylation sites (N-methyl/N-ethyl adjacent to an activating group) is 1. The van der Waals surface area contributed by atoms with Gasteiger partial charge in [-0.2, -0.15) is 0 Å². The fourth-order valence-electron chi connectivity index (χ4n) is 4.26. The van der Waals surface area contributed by atoms with Crippen molar-refractivity contribution in [2.45, 2.75) is 51.6 Å². The molecule has 0 aliphatic carbocycles. The first-order valence-electron chi connectivity index (χ1n) is 13.0. The van der Waals surface area contributed by atoms with Gasteiger partial charge >= 0.3 is 0 Å². The number of benzene rings is 3.